The summed E-state index contributed by atoms with van der Waals surface area (Å²) in [5.74, 6) is 3.35. The maximum atomic E-state index is 9.90. The highest BCUT2D eigenvalue weighted by Gasteiger charge is 2.70. The minimum atomic E-state index is 0.406. The number of phenolic OH excluding ortho intramolecular Hbond substituents is 1. The van der Waals surface area contributed by atoms with Crippen LogP contribution in [0.1, 0.15) is 96.5 Å². The summed E-state index contributed by atoms with van der Waals surface area (Å²) in [6, 6.07) is 8.46. The van der Waals surface area contributed by atoms with E-state index in [1.54, 1.807) is 24.8 Å². The lowest BCUT2D eigenvalue weighted by atomic mass is 9.29. The summed E-state index contributed by atoms with van der Waals surface area (Å²) in [5.41, 5.74) is 4.46. The first kappa shape index (κ1) is 17.7. The number of benzene rings is 1. The Balaban J connectivity index is 1.35. The maximum absolute atomic E-state index is 9.90. The van der Waals surface area contributed by atoms with Gasteiger partial charge in [-0.3, -0.25) is 0 Å². The van der Waals surface area contributed by atoms with E-state index in [1.807, 2.05) is 12.1 Å². The third kappa shape index (κ3) is 2.23. The van der Waals surface area contributed by atoms with E-state index in [0.717, 1.165) is 17.8 Å². The largest absolute Gasteiger partial charge is 0.508 e. The second kappa shape index (κ2) is 5.08. The number of phenols is 1. The van der Waals surface area contributed by atoms with Gasteiger partial charge in [0.15, 0.2) is 0 Å². The molecule has 0 saturated heterocycles. The van der Waals surface area contributed by atoms with E-state index >= 15 is 0 Å². The van der Waals surface area contributed by atoms with Crippen molar-refractivity contribution in [3.05, 3.63) is 29.8 Å². The smallest absolute Gasteiger partial charge is 0.115 e. The van der Waals surface area contributed by atoms with Gasteiger partial charge in [-0.1, -0.05) is 26.0 Å². The zero-order chi connectivity index (χ0) is 19.7. The molecule has 8 fully saturated rings. The molecule has 4 unspecified atom stereocenters. The molecular formula is C28H38O. The van der Waals surface area contributed by atoms with E-state index in [2.05, 4.69) is 26.0 Å². The lowest BCUT2D eigenvalue weighted by molar-refractivity contribution is -0.242. The van der Waals surface area contributed by atoms with Crippen LogP contribution in [-0.2, 0) is 5.41 Å². The van der Waals surface area contributed by atoms with Crippen molar-refractivity contribution in [3.8, 4) is 5.75 Å². The highest BCUT2D eigenvalue weighted by Crippen LogP contribution is 2.80. The van der Waals surface area contributed by atoms with Crippen molar-refractivity contribution in [1.29, 1.82) is 0 Å². The van der Waals surface area contributed by atoms with Crippen molar-refractivity contribution >= 4 is 0 Å². The molecule has 0 radical (unpaired) electrons. The summed E-state index contributed by atoms with van der Waals surface area (Å²) >= 11 is 0. The SMILES string of the molecule is CC12CC3CC(C)(C1)CC(C14CC5CC(CC(c6ccc(O)cc6)(C5)C1)C4)(C3)C2. The van der Waals surface area contributed by atoms with E-state index in [1.165, 1.54) is 57.8 Å². The average Bonchev–Trinajstić information content (AvgIpc) is 2.58. The van der Waals surface area contributed by atoms with Crippen molar-refractivity contribution in [3.63, 3.8) is 0 Å². The molecule has 8 bridgehead atoms. The molecule has 0 spiro atoms. The van der Waals surface area contributed by atoms with Gasteiger partial charge in [0.25, 0.3) is 0 Å². The van der Waals surface area contributed by atoms with Crippen LogP contribution in [0.4, 0.5) is 0 Å². The van der Waals surface area contributed by atoms with E-state index in [9.17, 15) is 5.11 Å². The maximum Gasteiger partial charge on any atom is 0.115 e. The lowest BCUT2D eigenvalue weighted by Gasteiger charge is -2.75. The van der Waals surface area contributed by atoms with Crippen molar-refractivity contribution in [2.75, 3.05) is 0 Å². The molecule has 1 nitrogen and oxygen atoms in total. The Morgan fingerprint density at radius 1 is 0.655 bits per heavy atom. The van der Waals surface area contributed by atoms with Gasteiger partial charge < -0.3 is 5.11 Å². The molecular weight excluding hydrogens is 352 g/mol. The molecule has 1 aromatic rings. The summed E-state index contributed by atoms with van der Waals surface area (Å²) in [4.78, 5) is 0. The normalized spacial score (nSPS) is 56.8. The molecule has 0 heterocycles. The van der Waals surface area contributed by atoms with Crippen molar-refractivity contribution in [2.24, 2.45) is 39.4 Å². The van der Waals surface area contributed by atoms with E-state index in [0.29, 0.717) is 32.8 Å². The summed E-state index contributed by atoms with van der Waals surface area (Å²) in [5, 5.41) is 9.90. The molecule has 8 aliphatic rings. The predicted octanol–water partition coefficient (Wildman–Crippen LogP) is 7.23. The van der Waals surface area contributed by atoms with Crippen molar-refractivity contribution in [2.45, 2.75) is 96.3 Å². The Labute approximate surface area is 176 Å². The van der Waals surface area contributed by atoms with Crippen LogP contribution in [0.5, 0.6) is 5.75 Å². The van der Waals surface area contributed by atoms with Crippen LogP contribution in [0.15, 0.2) is 24.3 Å². The summed E-state index contributed by atoms with van der Waals surface area (Å²) in [6.45, 7) is 5.33. The fourth-order valence-corrected chi connectivity index (χ4v) is 12.1. The number of hydrogen-bond donors (Lipinski definition) is 1. The van der Waals surface area contributed by atoms with Gasteiger partial charge in [-0.15, -0.1) is 0 Å². The summed E-state index contributed by atoms with van der Waals surface area (Å²) in [7, 11) is 0. The van der Waals surface area contributed by atoms with E-state index in [-0.39, 0.29) is 0 Å². The minimum absolute atomic E-state index is 0.406. The Morgan fingerprint density at radius 2 is 1.24 bits per heavy atom. The zero-order valence-electron chi connectivity index (χ0n) is 18.5. The monoisotopic (exact) mass is 390 g/mol. The molecule has 0 amide bonds. The molecule has 0 aromatic heterocycles. The third-order valence-corrected chi connectivity index (χ3v) is 11.3. The zero-order valence-corrected chi connectivity index (χ0v) is 18.5. The van der Waals surface area contributed by atoms with Gasteiger partial charge in [-0.25, -0.2) is 0 Å². The molecule has 29 heavy (non-hydrogen) atoms. The van der Waals surface area contributed by atoms with Gasteiger partial charge in [0, 0.05) is 0 Å². The number of aromatic hydroxyl groups is 1. The minimum Gasteiger partial charge on any atom is -0.508 e. The third-order valence-electron chi connectivity index (χ3n) is 11.3. The Bertz CT molecular complexity index is 833. The lowest BCUT2D eigenvalue weighted by Crippen LogP contribution is -2.66. The first-order valence-corrected chi connectivity index (χ1v) is 12.5. The van der Waals surface area contributed by atoms with E-state index in [4.69, 9.17) is 0 Å². The average molecular weight is 391 g/mol. The van der Waals surface area contributed by atoms with Crippen LogP contribution in [0.25, 0.3) is 0 Å². The Hall–Kier alpha value is -0.980. The summed E-state index contributed by atoms with van der Waals surface area (Å²) < 4.78 is 0. The standard InChI is InChI=1S/C28H38O/c1-24-8-21-9-25(2,15-24)17-28(14-21,16-24)27-12-19-7-20(13-27)11-26(10-19,18-27)22-3-5-23(29)6-4-22/h3-6,19-21,29H,7-18H2,1-2H3. The molecule has 4 atom stereocenters. The molecule has 1 N–H and O–H groups in total. The summed E-state index contributed by atoms with van der Waals surface area (Å²) in [6.07, 6.45) is 18.1. The van der Waals surface area contributed by atoms with Crippen LogP contribution >= 0.6 is 0 Å². The first-order valence-electron chi connectivity index (χ1n) is 12.5. The quantitative estimate of drug-likeness (QED) is 0.565. The fraction of sp³-hybridized carbons (Fsp3) is 0.786. The van der Waals surface area contributed by atoms with Gasteiger partial charge >= 0.3 is 0 Å². The Morgan fingerprint density at radius 3 is 1.83 bits per heavy atom. The predicted molar refractivity (Wildman–Crippen MR) is 117 cm³/mol. The topological polar surface area (TPSA) is 20.2 Å². The number of hydrogen-bond acceptors (Lipinski definition) is 1. The molecule has 1 aromatic carbocycles. The van der Waals surface area contributed by atoms with Crippen LogP contribution in [-0.4, -0.2) is 5.11 Å². The second-order valence-corrected chi connectivity index (χ2v) is 14.0. The number of rotatable bonds is 2. The van der Waals surface area contributed by atoms with Crippen LogP contribution in [0.3, 0.4) is 0 Å². The van der Waals surface area contributed by atoms with Gasteiger partial charge in [0.05, 0.1) is 0 Å². The van der Waals surface area contributed by atoms with Crippen LogP contribution < -0.4 is 0 Å². The van der Waals surface area contributed by atoms with Crippen LogP contribution in [0, 0.1) is 39.4 Å². The molecule has 0 aliphatic heterocycles. The van der Waals surface area contributed by atoms with Gasteiger partial charge in [0.1, 0.15) is 5.75 Å². The van der Waals surface area contributed by atoms with Crippen LogP contribution in [0.2, 0.25) is 0 Å². The van der Waals surface area contributed by atoms with Gasteiger partial charge in [0.2, 0.25) is 0 Å². The van der Waals surface area contributed by atoms with Crippen molar-refractivity contribution < 1.29 is 5.11 Å². The van der Waals surface area contributed by atoms with E-state index < -0.39 is 0 Å². The molecule has 156 valence electrons. The highest BCUT2D eigenvalue weighted by molar-refractivity contribution is 5.36. The highest BCUT2D eigenvalue weighted by atomic mass is 16.3. The molecule has 8 saturated carbocycles. The Kier molecular flexibility index (Phi) is 3.10. The first-order chi connectivity index (χ1) is 13.7. The second-order valence-electron chi connectivity index (χ2n) is 14.0. The van der Waals surface area contributed by atoms with Gasteiger partial charge in [-0.05, 0) is 140 Å². The molecule has 9 rings (SSSR count). The molecule has 1 heteroatoms. The fourth-order valence-electron chi connectivity index (χ4n) is 12.1. The van der Waals surface area contributed by atoms with Gasteiger partial charge in [-0.2, -0.15) is 0 Å². The van der Waals surface area contributed by atoms with Crippen molar-refractivity contribution in [1.82, 2.24) is 0 Å². The molecule has 8 aliphatic carbocycles.